The fourth-order valence-corrected chi connectivity index (χ4v) is 2.53. The quantitative estimate of drug-likeness (QED) is 0.580. The van der Waals surface area contributed by atoms with Crippen LogP contribution in [0.1, 0.15) is 82.1 Å². The SMILES string of the molecule is CC.CC.CC(C)C.CC1CC1C.CC1CCN(C(=O)CNP)C1C(N)=O.CO. The highest BCUT2D eigenvalue weighted by atomic mass is 31.0. The van der Waals surface area contributed by atoms with Crippen LogP contribution in [0.15, 0.2) is 0 Å². The lowest BCUT2D eigenvalue weighted by molar-refractivity contribution is -0.137. The Balaban J connectivity index is -0.000000172. The van der Waals surface area contributed by atoms with Gasteiger partial charge in [-0.15, -0.1) is 0 Å². The van der Waals surface area contributed by atoms with Gasteiger partial charge in [0.1, 0.15) is 6.04 Å². The Hall–Kier alpha value is -0.710. The molecule has 1 aliphatic heterocycles. The number of aliphatic hydroxyl groups excluding tert-OH is 1. The van der Waals surface area contributed by atoms with E-state index in [0.29, 0.717) is 6.54 Å². The molecule has 4 N–H and O–H groups in total. The van der Waals surface area contributed by atoms with Crippen molar-refractivity contribution < 1.29 is 14.7 Å². The number of carbonyl (C=O) groups excluding carboxylic acids is 2. The first kappa shape index (κ1) is 35.7. The van der Waals surface area contributed by atoms with Gasteiger partial charge in [-0.25, -0.2) is 0 Å². The predicted octanol–water partition coefficient (Wildman–Crippen LogP) is 4.07. The number of nitrogens with one attached hydrogen (secondary N) is 1. The smallest absolute Gasteiger partial charge is 0.240 e. The molecule has 29 heavy (non-hydrogen) atoms. The van der Waals surface area contributed by atoms with E-state index >= 15 is 0 Å². The van der Waals surface area contributed by atoms with Gasteiger partial charge < -0.3 is 15.7 Å². The van der Waals surface area contributed by atoms with E-state index in [2.05, 4.69) is 49.1 Å². The summed E-state index contributed by atoms with van der Waals surface area (Å²) >= 11 is 0. The molecular formula is C22H52N3O3P. The average molecular weight is 438 g/mol. The molecule has 0 bridgehead atoms. The third-order valence-electron chi connectivity index (χ3n) is 4.08. The van der Waals surface area contributed by atoms with Gasteiger partial charge in [0.2, 0.25) is 11.8 Å². The number of amides is 2. The van der Waals surface area contributed by atoms with E-state index in [1.165, 1.54) is 6.42 Å². The maximum Gasteiger partial charge on any atom is 0.240 e. The largest absolute Gasteiger partial charge is 0.400 e. The normalized spacial score (nSPS) is 23.2. The zero-order chi connectivity index (χ0) is 24.2. The minimum atomic E-state index is -0.430. The van der Waals surface area contributed by atoms with Crippen LogP contribution in [0.4, 0.5) is 0 Å². The number of hydrogen-bond donors (Lipinski definition) is 3. The monoisotopic (exact) mass is 437 g/mol. The molecule has 178 valence electrons. The first-order valence-electron chi connectivity index (χ1n) is 11.1. The second-order valence-electron chi connectivity index (χ2n) is 7.50. The Morgan fingerprint density at radius 3 is 1.62 bits per heavy atom. The fraction of sp³-hybridized carbons (Fsp3) is 0.909. The zero-order valence-electron chi connectivity index (χ0n) is 21.1. The molecule has 1 aliphatic carbocycles. The third kappa shape index (κ3) is 20.3. The number of nitrogens with two attached hydrogens (primary N) is 1. The molecule has 2 aliphatic rings. The van der Waals surface area contributed by atoms with Crippen molar-refractivity contribution in [2.75, 3.05) is 20.2 Å². The van der Waals surface area contributed by atoms with E-state index in [1.54, 1.807) is 4.90 Å². The van der Waals surface area contributed by atoms with Crippen LogP contribution >= 0.6 is 9.39 Å². The second-order valence-corrected chi connectivity index (χ2v) is 7.91. The molecule has 0 radical (unpaired) electrons. The minimum absolute atomic E-state index is 0.0758. The van der Waals surface area contributed by atoms with E-state index in [0.717, 1.165) is 31.3 Å². The molecule has 7 heteroatoms. The van der Waals surface area contributed by atoms with Gasteiger partial charge in [-0.05, 0) is 36.5 Å². The Labute approximate surface area is 184 Å². The number of likely N-dealkylation sites (tertiary alicyclic amines) is 1. The number of primary amides is 1. The molecule has 0 spiro atoms. The Morgan fingerprint density at radius 1 is 1.03 bits per heavy atom. The van der Waals surface area contributed by atoms with Crippen LogP contribution in [0.3, 0.4) is 0 Å². The van der Waals surface area contributed by atoms with Crippen LogP contribution in [-0.4, -0.2) is 48.1 Å². The van der Waals surface area contributed by atoms with Gasteiger partial charge in [0.25, 0.3) is 0 Å². The summed E-state index contributed by atoms with van der Waals surface area (Å²) in [6, 6.07) is -0.430. The molecule has 0 aromatic rings. The Morgan fingerprint density at radius 2 is 1.38 bits per heavy atom. The molecule has 0 aromatic carbocycles. The lowest BCUT2D eigenvalue weighted by Gasteiger charge is -2.23. The molecule has 2 rings (SSSR count). The van der Waals surface area contributed by atoms with Gasteiger partial charge in [0, 0.05) is 13.7 Å². The summed E-state index contributed by atoms with van der Waals surface area (Å²) in [5, 5.41) is 9.69. The van der Waals surface area contributed by atoms with Gasteiger partial charge >= 0.3 is 0 Å². The molecule has 6 nitrogen and oxygen atoms in total. The summed E-state index contributed by atoms with van der Waals surface area (Å²) in [7, 11) is 3.26. The Bertz CT molecular complexity index is 374. The third-order valence-corrected chi connectivity index (χ3v) is 4.28. The molecular weight excluding hydrogens is 385 g/mol. The van der Waals surface area contributed by atoms with E-state index in [1.807, 2.05) is 34.6 Å². The van der Waals surface area contributed by atoms with E-state index < -0.39 is 11.9 Å². The van der Waals surface area contributed by atoms with Crippen molar-refractivity contribution in [2.24, 2.45) is 29.4 Å². The number of aliphatic hydroxyl groups is 1. The molecule has 5 atom stereocenters. The van der Waals surface area contributed by atoms with Gasteiger partial charge in [0.15, 0.2) is 0 Å². The van der Waals surface area contributed by atoms with E-state index in [4.69, 9.17) is 10.8 Å². The number of rotatable bonds is 3. The molecule has 2 fully saturated rings. The minimum Gasteiger partial charge on any atom is -0.400 e. The van der Waals surface area contributed by atoms with Crippen LogP contribution in [0.25, 0.3) is 0 Å². The van der Waals surface area contributed by atoms with Crippen molar-refractivity contribution in [3.05, 3.63) is 0 Å². The van der Waals surface area contributed by atoms with Crippen LogP contribution in [0.2, 0.25) is 0 Å². The summed E-state index contributed by atoms with van der Waals surface area (Å²) in [6.07, 6.45) is 2.32. The van der Waals surface area contributed by atoms with Gasteiger partial charge in [-0.2, -0.15) is 0 Å². The van der Waals surface area contributed by atoms with Crippen LogP contribution in [0, 0.1) is 23.7 Å². The fourth-order valence-electron chi connectivity index (χ4n) is 2.36. The van der Waals surface area contributed by atoms with Crippen LogP contribution in [0.5, 0.6) is 0 Å². The lowest BCUT2D eigenvalue weighted by atomic mass is 10.0. The van der Waals surface area contributed by atoms with Gasteiger partial charge in [0.05, 0.1) is 6.54 Å². The highest BCUT2D eigenvalue weighted by Gasteiger charge is 2.37. The summed E-state index contributed by atoms with van der Waals surface area (Å²) in [5.74, 6) is 2.62. The summed E-state index contributed by atoms with van der Waals surface area (Å²) in [4.78, 5) is 24.2. The Kier molecular flexibility index (Phi) is 29.0. The molecule has 2 amide bonds. The van der Waals surface area contributed by atoms with Crippen LogP contribution in [-0.2, 0) is 9.59 Å². The van der Waals surface area contributed by atoms with Gasteiger partial charge in [-0.1, -0.05) is 78.6 Å². The summed E-state index contributed by atoms with van der Waals surface area (Å²) in [5.41, 5.74) is 5.25. The van der Waals surface area contributed by atoms with Crippen molar-refractivity contribution in [3.8, 4) is 0 Å². The molecule has 1 saturated heterocycles. The first-order valence-corrected chi connectivity index (χ1v) is 11.7. The first-order chi connectivity index (χ1) is 13.6. The summed E-state index contributed by atoms with van der Waals surface area (Å²) < 4.78 is 0. The number of nitrogens with zero attached hydrogens (tertiary/aromatic N) is 1. The maximum absolute atomic E-state index is 11.5. The maximum atomic E-state index is 11.5. The van der Waals surface area contributed by atoms with Crippen molar-refractivity contribution in [3.63, 3.8) is 0 Å². The topological polar surface area (TPSA) is 95.7 Å². The van der Waals surface area contributed by atoms with Crippen molar-refractivity contribution in [1.82, 2.24) is 9.99 Å². The molecule has 1 heterocycles. The standard InChI is InChI=1S/C8H16N3O2P.C5H10.C4H10.2C2H6.CH4O/c1-5-2-3-11(6(12)4-10-14)7(5)8(9)13;1-4-3-5(4)2;1-4(2)3;3*1-2/h5,7,10H,2-4,14H2,1H3,(H2,9,13);4-5H,3H2,1-2H3;4H,1-3H3;2*1-2H3;2H,1H3. The molecule has 0 aromatic heterocycles. The van der Waals surface area contributed by atoms with Crippen molar-refractivity contribution >= 4 is 21.2 Å². The second kappa shape index (κ2) is 23.6. The highest BCUT2D eigenvalue weighted by Crippen LogP contribution is 2.36. The lowest BCUT2D eigenvalue weighted by Crippen LogP contribution is -2.47. The highest BCUT2D eigenvalue weighted by molar-refractivity contribution is 7.13. The zero-order valence-corrected chi connectivity index (χ0v) is 22.2. The van der Waals surface area contributed by atoms with E-state index in [9.17, 15) is 9.59 Å². The summed E-state index contributed by atoms with van der Waals surface area (Å²) in [6.45, 7) is 21.9. The van der Waals surface area contributed by atoms with Gasteiger partial charge in [-0.3, -0.25) is 14.7 Å². The predicted molar refractivity (Wildman–Crippen MR) is 130 cm³/mol. The van der Waals surface area contributed by atoms with E-state index in [-0.39, 0.29) is 18.4 Å². The molecule has 1 saturated carbocycles. The van der Waals surface area contributed by atoms with Crippen molar-refractivity contribution in [1.29, 1.82) is 0 Å². The number of hydrogen-bond acceptors (Lipinski definition) is 4. The number of carbonyl (C=O) groups is 2. The average Bonchev–Trinajstić information content (AvgIpc) is 3.18. The van der Waals surface area contributed by atoms with Crippen molar-refractivity contribution in [2.45, 2.75) is 88.1 Å². The van der Waals surface area contributed by atoms with Crippen LogP contribution < -0.4 is 10.8 Å². The molecule has 5 unspecified atom stereocenters.